The van der Waals surface area contributed by atoms with E-state index in [4.69, 9.17) is 11.6 Å². The number of piperazine rings is 1. The van der Waals surface area contributed by atoms with E-state index in [9.17, 15) is 4.39 Å². The van der Waals surface area contributed by atoms with Crippen molar-refractivity contribution in [3.05, 3.63) is 47.3 Å². The van der Waals surface area contributed by atoms with Crippen molar-refractivity contribution >= 4 is 36.4 Å². The molecule has 6 heteroatoms. The summed E-state index contributed by atoms with van der Waals surface area (Å²) in [5, 5.41) is 3.50. The fraction of sp³-hybridized carbons (Fsp3) is 0.429. The molecule has 1 saturated heterocycles. The van der Waals surface area contributed by atoms with Gasteiger partial charge in [-0.2, -0.15) is 0 Å². The van der Waals surface area contributed by atoms with E-state index in [0.717, 1.165) is 38.2 Å². The fourth-order valence-corrected chi connectivity index (χ4v) is 2.48. The van der Waals surface area contributed by atoms with Crippen molar-refractivity contribution in [1.29, 1.82) is 0 Å². The second kappa shape index (κ2) is 9.59. The lowest BCUT2D eigenvalue weighted by atomic mass is 10.0. The molecule has 1 aromatic carbocycles. The van der Waals surface area contributed by atoms with Gasteiger partial charge in [0.05, 0.1) is 5.02 Å². The van der Waals surface area contributed by atoms with Gasteiger partial charge < -0.3 is 5.32 Å². The van der Waals surface area contributed by atoms with E-state index in [2.05, 4.69) is 16.8 Å². The largest absolute Gasteiger partial charge is 0.314 e. The van der Waals surface area contributed by atoms with Crippen molar-refractivity contribution in [1.82, 2.24) is 10.2 Å². The van der Waals surface area contributed by atoms with Crippen molar-refractivity contribution in [3.8, 4) is 0 Å². The molecule has 0 unspecified atom stereocenters. The van der Waals surface area contributed by atoms with Crippen LogP contribution < -0.4 is 5.32 Å². The van der Waals surface area contributed by atoms with Crippen molar-refractivity contribution in [2.75, 3.05) is 26.2 Å². The van der Waals surface area contributed by atoms with Gasteiger partial charge in [0.25, 0.3) is 0 Å². The molecule has 2 nitrogen and oxygen atoms in total. The first-order chi connectivity index (χ1) is 8.72. The predicted octanol–water partition coefficient (Wildman–Crippen LogP) is 3.85. The van der Waals surface area contributed by atoms with Crippen LogP contribution in [0.3, 0.4) is 0 Å². The zero-order chi connectivity index (χ0) is 13.0. The molecule has 1 aliphatic heterocycles. The lowest BCUT2D eigenvalue weighted by Gasteiger charge is -2.34. The van der Waals surface area contributed by atoms with Gasteiger partial charge in [-0.15, -0.1) is 31.4 Å². The molecule has 1 heterocycles. The highest BCUT2D eigenvalue weighted by molar-refractivity contribution is 6.30. The minimum atomic E-state index is -0.349. The van der Waals surface area contributed by atoms with Crippen LogP contribution in [0.25, 0.3) is 0 Å². The van der Waals surface area contributed by atoms with Crippen LogP contribution in [0.15, 0.2) is 30.9 Å². The number of rotatable bonds is 4. The van der Waals surface area contributed by atoms with Crippen LogP contribution in [0.2, 0.25) is 5.02 Å². The summed E-state index contributed by atoms with van der Waals surface area (Å²) < 4.78 is 13.6. The van der Waals surface area contributed by atoms with Gasteiger partial charge in [0.15, 0.2) is 0 Å². The molecule has 1 aromatic rings. The van der Waals surface area contributed by atoms with Gasteiger partial charge in [0, 0.05) is 32.2 Å². The Bertz CT molecular complexity index is 423. The first kappa shape index (κ1) is 19.7. The molecule has 114 valence electrons. The van der Waals surface area contributed by atoms with Crippen molar-refractivity contribution in [3.63, 3.8) is 0 Å². The number of nitrogens with one attached hydrogen (secondary N) is 1. The monoisotopic (exact) mass is 340 g/mol. The number of nitrogens with zero attached hydrogens (tertiary/aromatic N) is 1. The summed E-state index contributed by atoms with van der Waals surface area (Å²) in [4.78, 5) is 2.36. The van der Waals surface area contributed by atoms with Gasteiger partial charge in [-0.25, -0.2) is 4.39 Å². The molecule has 1 fully saturated rings. The SMILES string of the molecule is C=CC[C@H](c1ccc(Cl)c(F)c1)N1CCNCC1.Cl.Cl. The zero-order valence-corrected chi connectivity index (χ0v) is 13.5. The van der Waals surface area contributed by atoms with E-state index in [1.54, 1.807) is 12.1 Å². The smallest absolute Gasteiger partial charge is 0.142 e. The summed E-state index contributed by atoms with van der Waals surface area (Å²) in [6, 6.07) is 5.27. The van der Waals surface area contributed by atoms with E-state index in [1.165, 1.54) is 0 Å². The highest BCUT2D eigenvalue weighted by Gasteiger charge is 2.21. The third-order valence-corrected chi connectivity index (χ3v) is 3.62. The Morgan fingerprint density at radius 3 is 2.55 bits per heavy atom. The maximum atomic E-state index is 13.6. The van der Waals surface area contributed by atoms with E-state index in [0.29, 0.717) is 0 Å². The second-order valence-electron chi connectivity index (χ2n) is 4.50. The third kappa shape index (κ3) is 4.90. The lowest BCUT2D eigenvalue weighted by Crippen LogP contribution is -2.45. The highest BCUT2D eigenvalue weighted by atomic mass is 35.5. The van der Waals surface area contributed by atoms with Gasteiger partial charge >= 0.3 is 0 Å². The Kier molecular flexibility index (Phi) is 9.43. The Balaban J connectivity index is 0.00000180. The normalized spacial score (nSPS) is 16.7. The average Bonchev–Trinajstić information content (AvgIpc) is 2.40. The summed E-state index contributed by atoms with van der Waals surface area (Å²) in [5.41, 5.74) is 0.971. The highest BCUT2D eigenvalue weighted by Crippen LogP contribution is 2.27. The molecule has 0 saturated carbocycles. The molecule has 0 aliphatic carbocycles. The van der Waals surface area contributed by atoms with Gasteiger partial charge in [0.1, 0.15) is 5.82 Å². The fourth-order valence-electron chi connectivity index (χ4n) is 2.37. The molecule has 0 aromatic heterocycles. The number of halogens is 4. The molecule has 0 radical (unpaired) electrons. The van der Waals surface area contributed by atoms with Crippen LogP contribution in [-0.4, -0.2) is 31.1 Å². The molecule has 0 spiro atoms. The van der Waals surface area contributed by atoms with E-state index < -0.39 is 0 Å². The molecular formula is C14H20Cl3FN2. The summed E-state index contributed by atoms with van der Waals surface area (Å²) in [5.74, 6) is -0.349. The van der Waals surface area contributed by atoms with Crippen LogP contribution in [0, 0.1) is 5.82 Å². The maximum Gasteiger partial charge on any atom is 0.142 e. The van der Waals surface area contributed by atoms with E-state index in [1.807, 2.05) is 12.1 Å². The zero-order valence-electron chi connectivity index (χ0n) is 11.1. The van der Waals surface area contributed by atoms with Crippen molar-refractivity contribution < 1.29 is 4.39 Å². The molecule has 0 bridgehead atoms. The van der Waals surface area contributed by atoms with Crippen molar-refractivity contribution in [2.24, 2.45) is 0 Å². The van der Waals surface area contributed by atoms with Crippen molar-refractivity contribution in [2.45, 2.75) is 12.5 Å². The van der Waals surface area contributed by atoms with Crippen LogP contribution in [0.5, 0.6) is 0 Å². The Labute approximate surface area is 137 Å². The molecule has 20 heavy (non-hydrogen) atoms. The van der Waals surface area contributed by atoms with Crippen LogP contribution in [-0.2, 0) is 0 Å². The van der Waals surface area contributed by atoms with Gasteiger partial charge in [-0.05, 0) is 24.1 Å². The number of hydrogen-bond acceptors (Lipinski definition) is 2. The maximum absolute atomic E-state index is 13.6. The Hall–Kier alpha value is -0.320. The quantitative estimate of drug-likeness (QED) is 0.837. The average molecular weight is 342 g/mol. The summed E-state index contributed by atoms with van der Waals surface area (Å²) in [6.07, 6.45) is 2.71. The first-order valence-electron chi connectivity index (χ1n) is 6.23. The van der Waals surface area contributed by atoms with Gasteiger partial charge in [0.2, 0.25) is 0 Å². The van der Waals surface area contributed by atoms with Crippen LogP contribution in [0.4, 0.5) is 4.39 Å². The first-order valence-corrected chi connectivity index (χ1v) is 6.61. The summed E-state index contributed by atoms with van der Waals surface area (Å²) in [7, 11) is 0. The molecular weight excluding hydrogens is 322 g/mol. The molecule has 1 N–H and O–H groups in total. The predicted molar refractivity (Wildman–Crippen MR) is 87.9 cm³/mol. The lowest BCUT2D eigenvalue weighted by molar-refractivity contribution is 0.174. The van der Waals surface area contributed by atoms with Gasteiger partial charge in [-0.3, -0.25) is 4.90 Å². The minimum Gasteiger partial charge on any atom is -0.314 e. The molecule has 2 rings (SSSR count). The molecule has 1 atom stereocenters. The molecule has 1 aliphatic rings. The number of benzene rings is 1. The second-order valence-corrected chi connectivity index (χ2v) is 4.91. The van der Waals surface area contributed by atoms with E-state index >= 15 is 0 Å². The van der Waals surface area contributed by atoms with Gasteiger partial charge in [-0.1, -0.05) is 23.7 Å². The Morgan fingerprint density at radius 1 is 1.35 bits per heavy atom. The standard InChI is InChI=1S/C14H18ClFN2.2ClH/c1-2-3-14(18-8-6-17-7-9-18)11-4-5-12(15)13(16)10-11;;/h2,4-5,10,14,17H,1,3,6-9H2;2*1H/t14-;;/m1../s1. The summed E-state index contributed by atoms with van der Waals surface area (Å²) >= 11 is 5.73. The Morgan fingerprint density at radius 2 is 2.00 bits per heavy atom. The van der Waals surface area contributed by atoms with Crippen LogP contribution >= 0.6 is 36.4 Å². The third-order valence-electron chi connectivity index (χ3n) is 3.31. The number of hydrogen-bond donors (Lipinski definition) is 1. The van der Waals surface area contributed by atoms with E-state index in [-0.39, 0.29) is 41.7 Å². The minimum absolute atomic E-state index is 0. The summed E-state index contributed by atoms with van der Waals surface area (Å²) in [6.45, 7) is 7.70. The molecule has 0 amide bonds. The van der Waals surface area contributed by atoms with Crippen LogP contribution in [0.1, 0.15) is 18.0 Å². The topological polar surface area (TPSA) is 15.3 Å².